The number of H-pyrrole nitrogens is 1. The van der Waals surface area contributed by atoms with Gasteiger partial charge in [-0.25, -0.2) is 4.79 Å². The second-order valence-electron chi connectivity index (χ2n) is 6.63. The molecule has 2 N–H and O–H groups in total. The molecule has 2 aliphatic rings. The molecule has 2 aromatic rings. The molecule has 1 aromatic carbocycles. The van der Waals surface area contributed by atoms with Crippen LogP contribution in [0.2, 0.25) is 0 Å². The molecule has 4 rings (SSSR count). The van der Waals surface area contributed by atoms with Gasteiger partial charge in [0.25, 0.3) is 11.5 Å². The Morgan fingerprint density at radius 1 is 1.21 bits per heavy atom. The molecule has 0 aliphatic carbocycles. The van der Waals surface area contributed by atoms with Crippen LogP contribution in [-0.4, -0.2) is 46.5 Å². The number of nitrogens with zero attached hydrogens (tertiary/aromatic N) is 2. The van der Waals surface area contributed by atoms with Gasteiger partial charge in [0.1, 0.15) is 0 Å². The van der Waals surface area contributed by atoms with E-state index in [9.17, 15) is 14.4 Å². The van der Waals surface area contributed by atoms with Crippen molar-refractivity contribution in [1.29, 1.82) is 0 Å². The summed E-state index contributed by atoms with van der Waals surface area (Å²) in [6, 6.07) is 4.93. The molecular weight excluding hydrogens is 308 g/mol. The second-order valence-corrected chi connectivity index (χ2v) is 6.63. The number of hydrogen-bond donors (Lipinski definition) is 2. The predicted octanol–water partition coefficient (Wildman–Crippen LogP) is 0.00110. The van der Waals surface area contributed by atoms with Gasteiger partial charge < -0.3 is 15.2 Å². The average molecular weight is 328 g/mol. The number of carbonyl (C=O) groups is 1. The highest BCUT2D eigenvalue weighted by Gasteiger charge is 2.38. The maximum absolute atomic E-state index is 12.7. The highest BCUT2D eigenvalue weighted by molar-refractivity contribution is 5.97. The van der Waals surface area contributed by atoms with Crippen molar-refractivity contribution in [3.05, 3.63) is 44.6 Å². The first kappa shape index (κ1) is 15.1. The van der Waals surface area contributed by atoms with Crippen molar-refractivity contribution < 1.29 is 4.79 Å². The fourth-order valence-corrected chi connectivity index (χ4v) is 3.88. The van der Waals surface area contributed by atoms with Crippen LogP contribution in [0.4, 0.5) is 0 Å². The largest absolute Gasteiger partial charge is 0.338 e. The second kappa shape index (κ2) is 5.59. The van der Waals surface area contributed by atoms with E-state index in [2.05, 4.69) is 10.3 Å². The molecule has 3 heterocycles. The third kappa shape index (κ3) is 2.27. The van der Waals surface area contributed by atoms with Gasteiger partial charge in [-0.2, -0.15) is 0 Å². The lowest BCUT2D eigenvalue weighted by Crippen LogP contribution is -2.35. The molecule has 0 unspecified atom stereocenters. The predicted molar refractivity (Wildman–Crippen MR) is 90.3 cm³/mol. The molecule has 7 heteroatoms. The van der Waals surface area contributed by atoms with Crippen molar-refractivity contribution >= 4 is 16.8 Å². The molecule has 2 fully saturated rings. The maximum Gasteiger partial charge on any atom is 0.328 e. The van der Waals surface area contributed by atoms with Crippen molar-refractivity contribution in [3.63, 3.8) is 0 Å². The SMILES string of the molecule is CCn1c(=O)[nH]c2cc(C(=O)N3C[C@H]4CNC[C@H]4C3)ccc2c1=O. The van der Waals surface area contributed by atoms with E-state index in [1.807, 2.05) is 4.90 Å². The minimum Gasteiger partial charge on any atom is -0.338 e. The Morgan fingerprint density at radius 3 is 2.58 bits per heavy atom. The number of carbonyl (C=O) groups excluding carboxylic acids is 1. The molecular formula is C17H20N4O3. The van der Waals surface area contributed by atoms with Crippen LogP contribution in [0.1, 0.15) is 17.3 Å². The Kier molecular flexibility index (Phi) is 3.53. The van der Waals surface area contributed by atoms with Crippen LogP contribution in [-0.2, 0) is 6.54 Å². The third-order valence-electron chi connectivity index (χ3n) is 5.22. The number of fused-ring (bicyclic) bond motifs is 2. The molecule has 1 aromatic heterocycles. The van der Waals surface area contributed by atoms with Crippen LogP contribution in [0.15, 0.2) is 27.8 Å². The molecule has 0 spiro atoms. The first-order valence-electron chi connectivity index (χ1n) is 8.35. The van der Waals surface area contributed by atoms with E-state index in [0.29, 0.717) is 34.8 Å². The van der Waals surface area contributed by atoms with Gasteiger partial charge in [0.05, 0.1) is 10.9 Å². The summed E-state index contributed by atoms with van der Waals surface area (Å²) >= 11 is 0. The fraction of sp³-hybridized carbons (Fsp3) is 0.471. The number of benzene rings is 1. The monoisotopic (exact) mass is 328 g/mol. The molecule has 126 valence electrons. The molecule has 1 amide bonds. The Hall–Kier alpha value is -2.41. The van der Waals surface area contributed by atoms with Crippen LogP contribution in [0.5, 0.6) is 0 Å². The van der Waals surface area contributed by atoms with E-state index in [1.54, 1.807) is 25.1 Å². The standard InChI is InChI=1S/C17H20N4O3/c1-2-21-16(23)13-4-3-10(5-14(13)19-17(21)24)15(22)20-8-11-6-18-7-12(11)9-20/h3-5,11-12,18H,2,6-9H2,1H3,(H,19,24)/t11-,12+. The van der Waals surface area contributed by atoms with Gasteiger partial charge in [-0.15, -0.1) is 0 Å². The third-order valence-corrected chi connectivity index (χ3v) is 5.22. The highest BCUT2D eigenvalue weighted by Crippen LogP contribution is 2.27. The molecule has 2 aliphatic heterocycles. The summed E-state index contributed by atoms with van der Waals surface area (Å²) in [5.41, 5.74) is 0.166. The summed E-state index contributed by atoms with van der Waals surface area (Å²) < 4.78 is 1.15. The Bertz CT molecular complexity index is 918. The van der Waals surface area contributed by atoms with Crippen LogP contribution in [0, 0.1) is 11.8 Å². The van der Waals surface area contributed by atoms with Gasteiger partial charge in [0.15, 0.2) is 0 Å². The summed E-state index contributed by atoms with van der Waals surface area (Å²) in [5.74, 6) is 1.03. The van der Waals surface area contributed by atoms with E-state index >= 15 is 0 Å². The number of aromatic amines is 1. The Balaban J connectivity index is 1.69. The molecule has 2 atom stereocenters. The Morgan fingerprint density at radius 2 is 1.92 bits per heavy atom. The summed E-state index contributed by atoms with van der Waals surface area (Å²) in [5, 5.41) is 3.78. The summed E-state index contributed by atoms with van der Waals surface area (Å²) in [4.78, 5) is 41.6. The van der Waals surface area contributed by atoms with Gasteiger partial charge in [-0.1, -0.05) is 0 Å². The number of likely N-dealkylation sites (tertiary alicyclic amines) is 1. The zero-order valence-corrected chi connectivity index (χ0v) is 13.5. The van der Waals surface area contributed by atoms with E-state index in [0.717, 1.165) is 30.7 Å². The number of aromatic nitrogens is 2. The topological polar surface area (TPSA) is 87.2 Å². The maximum atomic E-state index is 12.7. The summed E-state index contributed by atoms with van der Waals surface area (Å²) in [6.45, 7) is 5.53. The highest BCUT2D eigenvalue weighted by atomic mass is 16.2. The van der Waals surface area contributed by atoms with Crippen LogP contribution in [0.3, 0.4) is 0 Å². The number of hydrogen-bond acceptors (Lipinski definition) is 4. The van der Waals surface area contributed by atoms with Gasteiger partial charge in [0.2, 0.25) is 0 Å². The van der Waals surface area contributed by atoms with E-state index in [1.165, 1.54) is 0 Å². The molecule has 0 radical (unpaired) electrons. The van der Waals surface area contributed by atoms with E-state index < -0.39 is 5.69 Å². The number of nitrogens with one attached hydrogen (secondary N) is 2. The lowest BCUT2D eigenvalue weighted by atomic mass is 10.0. The first-order valence-corrected chi connectivity index (χ1v) is 8.35. The zero-order chi connectivity index (χ0) is 16.8. The fourth-order valence-electron chi connectivity index (χ4n) is 3.88. The summed E-state index contributed by atoms with van der Waals surface area (Å²) in [6.07, 6.45) is 0. The van der Waals surface area contributed by atoms with Crippen molar-refractivity contribution in [1.82, 2.24) is 19.8 Å². The average Bonchev–Trinajstić information content (AvgIpc) is 3.15. The smallest absolute Gasteiger partial charge is 0.328 e. The van der Waals surface area contributed by atoms with Gasteiger partial charge in [-0.3, -0.25) is 14.2 Å². The van der Waals surface area contributed by atoms with E-state index in [-0.39, 0.29) is 11.5 Å². The van der Waals surface area contributed by atoms with Crippen LogP contribution >= 0.6 is 0 Å². The van der Waals surface area contributed by atoms with Crippen LogP contribution in [0.25, 0.3) is 10.9 Å². The lowest BCUT2D eigenvalue weighted by Gasteiger charge is -2.17. The Labute approximate surface area is 138 Å². The normalized spacial score (nSPS) is 23.0. The van der Waals surface area contributed by atoms with Crippen molar-refractivity contribution in [2.75, 3.05) is 26.2 Å². The molecule has 7 nitrogen and oxygen atoms in total. The minimum absolute atomic E-state index is 0.0354. The molecule has 0 bridgehead atoms. The van der Waals surface area contributed by atoms with Gasteiger partial charge in [-0.05, 0) is 37.0 Å². The number of rotatable bonds is 2. The quantitative estimate of drug-likeness (QED) is 0.812. The van der Waals surface area contributed by atoms with E-state index in [4.69, 9.17) is 0 Å². The minimum atomic E-state index is -0.443. The lowest BCUT2D eigenvalue weighted by molar-refractivity contribution is 0.0782. The molecule has 24 heavy (non-hydrogen) atoms. The zero-order valence-electron chi connectivity index (χ0n) is 13.5. The molecule has 2 saturated heterocycles. The first-order chi connectivity index (χ1) is 11.6. The van der Waals surface area contributed by atoms with Gasteiger partial charge in [0, 0.05) is 38.3 Å². The van der Waals surface area contributed by atoms with Crippen LogP contribution < -0.4 is 16.6 Å². The van der Waals surface area contributed by atoms with Gasteiger partial charge >= 0.3 is 5.69 Å². The van der Waals surface area contributed by atoms with Crippen molar-refractivity contribution in [2.24, 2.45) is 11.8 Å². The summed E-state index contributed by atoms with van der Waals surface area (Å²) in [7, 11) is 0. The molecule has 0 saturated carbocycles. The van der Waals surface area contributed by atoms with Crippen molar-refractivity contribution in [2.45, 2.75) is 13.5 Å². The van der Waals surface area contributed by atoms with Crippen molar-refractivity contribution in [3.8, 4) is 0 Å². The number of amides is 1.